The average Bonchev–Trinajstić information content (AvgIpc) is 2.87. The molecule has 2 heterocycles. The Hall–Kier alpha value is -1.27. The normalized spacial score (nSPS) is 13.5. The second-order valence-corrected chi connectivity index (χ2v) is 2.22. The molecular formula is C9H15N3. The lowest BCUT2D eigenvalue weighted by Crippen LogP contribution is -2.03. The van der Waals surface area contributed by atoms with Crippen LogP contribution in [0.1, 0.15) is 12.8 Å². The quantitative estimate of drug-likeness (QED) is 0.564. The van der Waals surface area contributed by atoms with Crippen molar-refractivity contribution in [3.63, 3.8) is 0 Å². The zero-order chi connectivity index (χ0) is 9.07. The summed E-state index contributed by atoms with van der Waals surface area (Å²) < 4.78 is 0. The summed E-state index contributed by atoms with van der Waals surface area (Å²) in [4.78, 5) is 6.42. The van der Waals surface area contributed by atoms with Gasteiger partial charge in [0.15, 0.2) is 0 Å². The Kier molecular flexibility index (Phi) is 8.70. The molecule has 12 heavy (non-hydrogen) atoms. The van der Waals surface area contributed by atoms with Crippen molar-refractivity contribution in [2.45, 2.75) is 12.8 Å². The van der Waals surface area contributed by atoms with E-state index in [1.807, 2.05) is 0 Å². The lowest BCUT2D eigenvalue weighted by Gasteiger charge is -1.76. The monoisotopic (exact) mass is 165 g/mol. The molecule has 3 heteroatoms. The third-order valence-corrected chi connectivity index (χ3v) is 1.36. The van der Waals surface area contributed by atoms with Crippen LogP contribution in [-0.4, -0.2) is 23.1 Å². The maximum absolute atomic E-state index is 4.00. The van der Waals surface area contributed by atoms with Gasteiger partial charge < -0.3 is 10.3 Å². The molecule has 2 rings (SSSR count). The predicted molar refractivity (Wildman–Crippen MR) is 50.6 cm³/mol. The van der Waals surface area contributed by atoms with Crippen LogP contribution < -0.4 is 5.32 Å². The van der Waals surface area contributed by atoms with Gasteiger partial charge in [0, 0.05) is 12.4 Å². The number of rotatable bonds is 0. The number of hydrogen-bond donors (Lipinski definition) is 2. The van der Waals surface area contributed by atoms with Gasteiger partial charge >= 0.3 is 0 Å². The summed E-state index contributed by atoms with van der Waals surface area (Å²) in [5, 5.41) is 3.22. The van der Waals surface area contributed by atoms with E-state index in [0.717, 1.165) is 0 Å². The maximum atomic E-state index is 4.00. The van der Waals surface area contributed by atoms with Gasteiger partial charge in [-0.15, -0.1) is 12.8 Å². The number of nitrogens with zero attached hydrogens (tertiary/aromatic N) is 1. The Morgan fingerprint density at radius 3 is 2.00 bits per heavy atom. The second-order valence-electron chi connectivity index (χ2n) is 2.22. The van der Waals surface area contributed by atoms with Gasteiger partial charge in [-0.3, -0.25) is 0 Å². The molecule has 0 atom stereocenters. The SMILES string of the molecule is C#C.C1CCNC1.c1c[nH]cn1. The molecule has 0 aliphatic carbocycles. The third kappa shape index (κ3) is 6.84. The van der Waals surface area contributed by atoms with Gasteiger partial charge in [0.25, 0.3) is 0 Å². The van der Waals surface area contributed by atoms with Crippen LogP contribution in [0.4, 0.5) is 0 Å². The number of nitrogens with one attached hydrogen (secondary N) is 2. The molecule has 1 saturated heterocycles. The molecule has 0 aromatic carbocycles. The minimum absolute atomic E-state index is 1.25. The van der Waals surface area contributed by atoms with Crippen LogP contribution in [0.15, 0.2) is 18.7 Å². The fourth-order valence-electron chi connectivity index (χ4n) is 0.840. The topological polar surface area (TPSA) is 40.7 Å². The Bertz CT molecular complexity index is 138. The van der Waals surface area contributed by atoms with Crippen LogP contribution >= 0.6 is 0 Å². The van der Waals surface area contributed by atoms with E-state index in [-0.39, 0.29) is 0 Å². The van der Waals surface area contributed by atoms with Crippen molar-refractivity contribution in [1.82, 2.24) is 15.3 Å². The number of aromatic amines is 1. The lowest BCUT2D eigenvalue weighted by molar-refractivity contribution is 0.857. The molecule has 0 bridgehead atoms. The van der Waals surface area contributed by atoms with Gasteiger partial charge in [0.05, 0.1) is 6.33 Å². The minimum atomic E-state index is 1.25. The van der Waals surface area contributed by atoms with Crippen molar-refractivity contribution in [3.8, 4) is 12.8 Å². The summed E-state index contributed by atoms with van der Waals surface area (Å²) in [5.74, 6) is 0. The van der Waals surface area contributed by atoms with Gasteiger partial charge in [-0.05, 0) is 25.9 Å². The summed E-state index contributed by atoms with van der Waals surface area (Å²) in [6.07, 6.45) is 15.9. The maximum Gasteiger partial charge on any atom is 0.0919 e. The minimum Gasteiger partial charge on any atom is -0.351 e. The molecule has 0 unspecified atom stereocenters. The van der Waals surface area contributed by atoms with Crippen LogP contribution in [-0.2, 0) is 0 Å². The molecule has 66 valence electrons. The van der Waals surface area contributed by atoms with Crippen molar-refractivity contribution in [3.05, 3.63) is 18.7 Å². The Morgan fingerprint density at radius 2 is 1.83 bits per heavy atom. The zero-order valence-corrected chi connectivity index (χ0v) is 7.16. The van der Waals surface area contributed by atoms with E-state index >= 15 is 0 Å². The molecule has 0 radical (unpaired) electrons. The molecule has 0 saturated carbocycles. The highest BCUT2D eigenvalue weighted by atomic mass is 14.9. The third-order valence-electron chi connectivity index (χ3n) is 1.36. The highest BCUT2D eigenvalue weighted by Crippen LogP contribution is 1.90. The van der Waals surface area contributed by atoms with Crippen LogP contribution in [0.25, 0.3) is 0 Å². The number of H-pyrrole nitrogens is 1. The van der Waals surface area contributed by atoms with Gasteiger partial charge in [-0.25, -0.2) is 4.98 Å². The summed E-state index contributed by atoms with van der Waals surface area (Å²) in [6, 6.07) is 0. The van der Waals surface area contributed by atoms with Crippen LogP contribution in [0.5, 0.6) is 0 Å². The first kappa shape index (κ1) is 10.7. The number of hydrogen-bond acceptors (Lipinski definition) is 2. The molecular weight excluding hydrogens is 150 g/mol. The molecule has 1 aromatic heterocycles. The van der Waals surface area contributed by atoms with Crippen molar-refractivity contribution < 1.29 is 0 Å². The van der Waals surface area contributed by atoms with Gasteiger partial charge in [0.2, 0.25) is 0 Å². The molecule has 3 nitrogen and oxygen atoms in total. The highest BCUT2D eigenvalue weighted by molar-refractivity contribution is 4.64. The highest BCUT2D eigenvalue weighted by Gasteiger charge is 1.93. The van der Waals surface area contributed by atoms with E-state index in [1.54, 1.807) is 18.7 Å². The summed E-state index contributed by atoms with van der Waals surface area (Å²) >= 11 is 0. The Labute approximate surface area is 73.6 Å². The average molecular weight is 165 g/mol. The van der Waals surface area contributed by atoms with E-state index in [2.05, 4.69) is 28.1 Å². The van der Waals surface area contributed by atoms with E-state index in [1.165, 1.54) is 25.9 Å². The number of terminal acetylenes is 1. The van der Waals surface area contributed by atoms with Gasteiger partial charge in [-0.2, -0.15) is 0 Å². The fraction of sp³-hybridized carbons (Fsp3) is 0.444. The van der Waals surface area contributed by atoms with Gasteiger partial charge in [-0.1, -0.05) is 0 Å². The molecule has 0 amide bonds. The first-order valence-electron chi connectivity index (χ1n) is 3.97. The van der Waals surface area contributed by atoms with Crippen LogP contribution in [0.3, 0.4) is 0 Å². The van der Waals surface area contributed by atoms with E-state index in [9.17, 15) is 0 Å². The summed E-state index contributed by atoms with van der Waals surface area (Å²) in [7, 11) is 0. The van der Waals surface area contributed by atoms with Gasteiger partial charge in [0.1, 0.15) is 0 Å². The Morgan fingerprint density at radius 1 is 1.17 bits per heavy atom. The standard InChI is InChI=1S/C4H9N.C3H4N2.C2H2/c1-2-4-5-3-1;1-2-5-3-4-1;1-2/h5H,1-4H2;1-3H,(H,4,5);1-2H. The van der Waals surface area contributed by atoms with Crippen molar-refractivity contribution >= 4 is 0 Å². The van der Waals surface area contributed by atoms with Crippen molar-refractivity contribution in [2.24, 2.45) is 0 Å². The summed E-state index contributed by atoms with van der Waals surface area (Å²) in [6.45, 7) is 2.50. The van der Waals surface area contributed by atoms with E-state index in [4.69, 9.17) is 0 Å². The number of aromatic nitrogens is 2. The molecule has 1 aromatic rings. The van der Waals surface area contributed by atoms with Crippen molar-refractivity contribution in [2.75, 3.05) is 13.1 Å². The molecule has 0 spiro atoms. The Balaban J connectivity index is 0.000000168. The predicted octanol–water partition coefficient (Wildman–Crippen LogP) is 1.03. The molecule has 1 aliphatic rings. The number of imidazole rings is 1. The van der Waals surface area contributed by atoms with E-state index < -0.39 is 0 Å². The first-order valence-corrected chi connectivity index (χ1v) is 3.97. The lowest BCUT2D eigenvalue weighted by atomic mass is 10.4. The van der Waals surface area contributed by atoms with E-state index in [0.29, 0.717) is 0 Å². The second kappa shape index (κ2) is 9.73. The zero-order valence-electron chi connectivity index (χ0n) is 7.16. The van der Waals surface area contributed by atoms with Crippen molar-refractivity contribution in [1.29, 1.82) is 0 Å². The smallest absolute Gasteiger partial charge is 0.0919 e. The largest absolute Gasteiger partial charge is 0.351 e. The van der Waals surface area contributed by atoms with Crippen LogP contribution in [0, 0.1) is 12.8 Å². The fourth-order valence-corrected chi connectivity index (χ4v) is 0.840. The first-order chi connectivity index (χ1) is 6.00. The molecule has 1 fully saturated rings. The molecule has 2 N–H and O–H groups in total. The summed E-state index contributed by atoms with van der Waals surface area (Å²) in [5.41, 5.74) is 0. The molecule has 1 aliphatic heterocycles. The van der Waals surface area contributed by atoms with Crippen LogP contribution in [0.2, 0.25) is 0 Å².